The number of hydrogen-bond donors (Lipinski definition) is 0. The quantitative estimate of drug-likeness (QED) is 0.441. The number of rotatable bonds is 1. The minimum Gasteiger partial charge on any atom is -0.274 e. The van der Waals surface area contributed by atoms with Crippen LogP contribution in [-0.4, -0.2) is 16.8 Å². The predicted octanol–water partition coefficient (Wildman–Crippen LogP) is 2.14. The molecule has 1 aliphatic heterocycles. The summed E-state index contributed by atoms with van der Waals surface area (Å²) in [6, 6.07) is 3.58. The lowest BCUT2D eigenvalue weighted by Crippen LogP contribution is -2.31. The van der Waals surface area contributed by atoms with Gasteiger partial charge in [0.05, 0.1) is 11.8 Å². The molecule has 0 N–H and O–H groups in total. The highest BCUT2D eigenvalue weighted by Crippen LogP contribution is 2.36. The summed E-state index contributed by atoms with van der Waals surface area (Å²) in [7, 11) is 0. The number of carbonyl (C=O) groups excluding carboxylic acids is 2. The molecule has 1 aromatic rings. The van der Waals surface area contributed by atoms with Crippen LogP contribution in [0, 0.1) is 15.4 Å². The molecule has 1 aromatic heterocycles. The van der Waals surface area contributed by atoms with Crippen molar-refractivity contribution in [2.45, 2.75) is 12.8 Å². The van der Waals surface area contributed by atoms with Gasteiger partial charge < -0.3 is 0 Å². The molecule has 0 bridgehead atoms. The van der Waals surface area contributed by atoms with Gasteiger partial charge in [0.15, 0.2) is 0 Å². The molecule has 5 heteroatoms. The Bertz CT molecular complexity index is 512. The number of nitrogens with zero attached hydrogens (tertiary/aromatic N) is 2. The Balaban J connectivity index is 1.96. The summed E-state index contributed by atoms with van der Waals surface area (Å²) in [6.07, 6.45) is 6.96. The van der Waals surface area contributed by atoms with Crippen LogP contribution in [0.2, 0.25) is 0 Å². The van der Waals surface area contributed by atoms with Crippen molar-refractivity contribution in [3.63, 3.8) is 0 Å². The molecular weight excluding hydrogens is 343 g/mol. The van der Waals surface area contributed by atoms with Crippen LogP contribution in [0.3, 0.4) is 0 Å². The highest BCUT2D eigenvalue weighted by Gasteiger charge is 2.48. The van der Waals surface area contributed by atoms with E-state index in [1.165, 1.54) is 4.90 Å². The molecule has 4 nitrogen and oxygen atoms in total. The normalized spacial score (nSPS) is 26.6. The Labute approximate surface area is 118 Å². The Kier molecular flexibility index (Phi) is 2.93. The smallest absolute Gasteiger partial charge is 0.239 e. The van der Waals surface area contributed by atoms with Crippen LogP contribution in [0.4, 0.5) is 5.82 Å². The Hall–Kier alpha value is -1.24. The van der Waals surface area contributed by atoms with E-state index in [4.69, 9.17) is 0 Å². The van der Waals surface area contributed by atoms with Gasteiger partial charge in [0.2, 0.25) is 11.8 Å². The number of halogens is 1. The zero-order chi connectivity index (χ0) is 12.7. The van der Waals surface area contributed by atoms with Crippen LogP contribution in [-0.2, 0) is 9.59 Å². The van der Waals surface area contributed by atoms with Crippen molar-refractivity contribution in [1.29, 1.82) is 0 Å². The van der Waals surface area contributed by atoms with Gasteiger partial charge in [0.1, 0.15) is 5.82 Å². The van der Waals surface area contributed by atoms with E-state index >= 15 is 0 Å². The summed E-state index contributed by atoms with van der Waals surface area (Å²) in [4.78, 5) is 30.0. The third kappa shape index (κ3) is 1.77. The highest BCUT2D eigenvalue weighted by atomic mass is 127. The zero-order valence-electron chi connectivity index (χ0n) is 9.54. The molecule has 0 spiro atoms. The molecule has 2 aliphatic rings. The van der Waals surface area contributed by atoms with Crippen molar-refractivity contribution in [1.82, 2.24) is 4.98 Å². The molecule has 92 valence electrons. The van der Waals surface area contributed by atoms with Crippen molar-refractivity contribution in [3.05, 3.63) is 34.1 Å². The van der Waals surface area contributed by atoms with Crippen LogP contribution in [0.15, 0.2) is 30.5 Å². The van der Waals surface area contributed by atoms with E-state index in [0.717, 1.165) is 3.57 Å². The maximum atomic E-state index is 12.3. The highest BCUT2D eigenvalue weighted by molar-refractivity contribution is 14.1. The molecule has 1 saturated heterocycles. The Morgan fingerprint density at radius 1 is 1.11 bits per heavy atom. The zero-order valence-corrected chi connectivity index (χ0v) is 11.7. The van der Waals surface area contributed by atoms with E-state index in [1.54, 1.807) is 12.3 Å². The van der Waals surface area contributed by atoms with E-state index < -0.39 is 0 Å². The topological polar surface area (TPSA) is 50.3 Å². The fraction of sp³-hybridized carbons (Fsp3) is 0.308. The van der Waals surface area contributed by atoms with Crippen molar-refractivity contribution in [2.24, 2.45) is 11.8 Å². The van der Waals surface area contributed by atoms with Gasteiger partial charge in [0.25, 0.3) is 0 Å². The first-order valence-electron chi connectivity index (χ1n) is 5.83. The van der Waals surface area contributed by atoms with Crippen molar-refractivity contribution < 1.29 is 9.59 Å². The van der Waals surface area contributed by atoms with Crippen LogP contribution < -0.4 is 4.90 Å². The largest absolute Gasteiger partial charge is 0.274 e. The minimum atomic E-state index is -0.191. The molecule has 2 amide bonds. The standard InChI is InChI=1S/C13H11IN2O2/c14-8-5-6-11(15-7-8)16-12(17)9-3-1-2-4-10(9)13(16)18/h1-2,5-7,9-10H,3-4H2/t9-,10+. The molecule has 18 heavy (non-hydrogen) atoms. The second-order valence-corrected chi connectivity index (χ2v) is 5.75. The van der Waals surface area contributed by atoms with E-state index in [1.807, 2.05) is 18.2 Å². The molecular formula is C13H11IN2O2. The predicted molar refractivity (Wildman–Crippen MR) is 74.8 cm³/mol. The number of pyridine rings is 1. The van der Waals surface area contributed by atoms with Gasteiger partial charge in [-0.2, -0.15) is 0 Å². The molecule has 0 unspecified atom stereocenters. The maximum absolute atomic E-state index is 12.3. The molecule has 0 aromatic carbocycles. The van der Waals surface area contributed by atoms with Crippen LogP contribution >= 0.6 is 22.6 Å². The number of fused-ring (bicyclic) bond motifs is 1. The van der Waals surface area contributed by atoms with Crippen LogP contribution in [0.25, 0.3) is 0 Å². The first-order chi connectivity index (χ1) is 8.68. The van der Waals surface area contributed by atoms with Gasteiger partial charge in [0, 0.05) is 9.77 Å². The lowest BCUT2D eigenvalue weighted by molar-refractivity contribution is -0.122. The Morgan fingerprint density at radius 3 is 2.22 bits per heavy atom. The van der Waals surface area contributed by atoms with Gasteiger partial charge in [-0.1, -0.05) is 12.2 Å². The summed E-state index contributed by atoms with van der Waals surface area (Å²) in [5.41, 5.74) is 0. The van der Waals surface area contributed by atoms with Gasteiger partial charge >= 0.3 is 0 Å². The van der Waals surface area contributed by atoms with E-state index in [-0.39, 0.29) is 23.7 Å². The monoisotopic (exact) mass is 354 g/mol. The fourth-order valence-electron chi connectivity index (χ4n) is 2.53. The second-order valence-electron chi connectivity index (χ2n) is 4.50. The number of imide groups is 1. The molecule has 1 aliphatic carbocycles. The molecule has 3 rings (SSSR count). The number of allylic oxidation sites excluding steroid dienone is 2. The van der Waals surface area contributed by atoms with E-state index in [2.05, 4.69) is 27.6 Å². The summed E-state index contributed by atoms with van der Waals surface area (Å²) in [5, 5.41) is 0. The molecule has 1 fully saturated rings. The van der Waals surface area contributed by atoms with Crippen molar-refractivity contribution >= 4 is 40.2 Å². The molecule has 0 saturated carbocycles. The first-order valence-corrected chi connectivity index (χ1v) is 6.90. The van der Waals surface area contributed by atoms with Crippen LogP contribution in [0.5, 0.6) is 0 Å². The molecule has 0 radical (unpaired) electrons. The number of anilines is 1. The van der Waals surface area contributed by atoms with Gasteiger partial charge in [-0.25, -0.2) is 9.88 Å². The number of carbonyl (C=O) groups is 2. The first kappa shape index (κ1) is 11.8. The van der Waals surface area contributed by atoms with Gasteiger partial charge in [-0.15, -0.1) is 0 Å². The van der Waals surface area contributed by atoms with Crippen molar-refractivity contribution in [2.75, 3.05) is 4.90 Å². The lowest BCUT2D eigenvalue weighted by atomic mass is 9.85. The third-order valence-electron chi connectivity index (χ3n) is 3.45. The summed E-state index contributed by atoms with van der Waals surface area (Å²) >= 11 is 2.14. The van der Waals surface area contributed by atoms with E-state index in [9.17, 15) is 9.59 Å². The second kappa shape index (κ2) is 4.46. The minimum absolute atomic E-state index is 0.108. The number of amides is 2. The number of aromatic nitrogens is 1. The van der Waals surface area contributed by atoms with Crippen molar-refractivity contribution in [3.8, 4) is 0 Å². The van der Waals surface area contributed by atoms with Crippen LogP contribution in [0.1, 0.15) is 12.8 Å². The summed E-state index contributed by atoms with van der Waals surface area (Å²) in [5.74, 6) is -0.155. The maximum Gasteiger partial charge on any atom is 0.239 e. The molecule has 2 atom stereocenters. The molecule has 2 heterocycles. The average Bonchev–Trinajstić information content (AvgIpc) is 2.64. The average molecular weight is 354 g/mol. The lowest BCUT2D eigenvalue weighted by Gasteiger charge is -2.14. The van der Waals surface area contributed by atoms with Gasteiger partial charge in [-0.05, 0) is 47.6 Å². The summed E-state index contributed by atoms with van der Waals surface area (Å²) in [6.45, 7) is 0. The third-order valence-corrected chi connectivity index (χ3v) is 4.09. The fourth-order valence-corrected chi connectivity index (χ4v) is 2.85. The Morgan fingerprint density at radius 2 is 1.72 bits per heavy atom. The van der Waals surface area contributed by atoms with E-state index in [0.29, 0.717) is 18.7 Å². The SMILES string of the molecule is O=C1[C@H]2CC=CC[C@H]2C(=O)N1c1ccc(I)cn1. The summed E-state index contributed by atoms with van der Waals surface area (Å²) < 4.78 is 0.981. The number of hydrogen-bond acceptors (Lipinski definition) is 3. The van der Waals surface area contributed by atoms with Gasteiger partial charge in [-0.3, -0.25) is 9.59 Å².